The van der Waals surface area contributed by atoms with E-state index in [2.05, 4.69) is 29.1 Å². The van der Waals surface area contributed by atoms with E-state index >= 15 is 0 Å². The molecule has 0 radical (unpaired) electrons. The molecule has 2 heterocycles. The molecule has 0 spiro atoms. The average molecular weight is 271 g/mol. The van der Waals surface area contributed by atoms with Crippen molar-refractivity contribution >= 4 is 5.82 Å². The zero-order valence-electron chi connectivity index (χ0n) is 12.4. The summed E-state index contributed by atoms with van der Waals surface area (Å²) in [7, 11) is 0. The number of hydrogen-bond acceptors (Lipinski definition) is 4. The molecule has 1 aliphatic rings. The van der Waals surface area contributed by atoms with Crippen molar-refractivity contribution in [2.75, 3.05) is 11.9 Å². The van der Waals surface area contributed by atoms with Gasteiger partial charge in [0.15, 0.2) is 0 Å². The first-order chi connectivity index (χ1) is 9.65. The highest BCUT2D eigenvalue weighted by atomic mass is 16.3. The molecule has 0 unspecified atom stereocenters. The maximum absolute atomic E-state index is 5.84. The van der Waals surface area contributed by atoms with Crippen LogP contribution < -0.4 is 5.32 Å². The van der Waals surface area contributed by atoms with Gasteiger partial charge in [-0.2, -0.15) is 0 Å². The lowest BCUT2D eigenvalue weighted by Gasteiger charge is -2.08. The van der Waals surface area contributed by atoms with Gasteiger partial charge in [0.05, 0.1) is 18.1 Å². The van der Waals surface area contributed by atoms with Crippen LogP contribution in [0.2, 0.25) is 0 Å². The van der Waals surface area contributed by atoms with E-state index in [1.807, 2.05) is 19.3 Å². The molecule has 0 amide bonds. The van der Waals surface area contributed by atoms with Crippen molar-refractivity contribution in [2.45, 2.75) is 40.0 Å². The van der Waals surface area contributed by atoms with Gasteiger partial charge in [0.2, 0.25) is 0 Å². The average Bonchev–Trinajstić information content (AvgIpc) is 2.97. The first-order valence-electron chi connectivity index (χ1n) is 7.32. The van der Waals surface area contributed by atoms with Gasteiger partial charge in [0.1, 0.15) is 17.3 Å². The number of fused-ring (bicyclic) bond motifs is 1. The van der Waals surface area contributed by atoms with E-state index in [9.17, 15) is 0 Å². The summed E-state index contributed by atoms with van der Waals surface area (Å²) in [6.07, 6.45) is 6.99. The highest BCUT2D eigenvalue weighted by Gasteiger charge is 2.23. The summed E-state index contributed by atoms with van der Waals surface area (Å²) < 4.78 is 5.84. The van der Waals surface area contributed by atoms with Crippen LogP contribution in [0, 0.1) is 12.8 Å². The molecule has 1 N–H and O–H groups in total. The molecule has 4 heteroatoms. The minimum atomic E-state index is 0.593. The van der Waals surface area contributed by atoms with Gasteiger partial charge < -0.3 is 9.73 Å². The number of aryl methyl sites for hydroxylation is 2. The third kappa shape index (κ3) is 2.42. The predicted molar refractivity (Wildman–Crippen MR) is 79.8 cm³/mol. The molecule has 4 nitrogen and oxygen atoms in total. The number of anilines is 1. The normalized spacial score (nSPS) is 13.8. The summed E-state index contributed by atoms with van der Waals surface area (Å²) in [5, 5.41) is 3.29. The van der Waals surface area contributed by atoms with Gasteiger partial charge >= 0.3 is 0 Å². The van der Waals surface area contributed by atoms with E-state index in [0.29, 0.717) is 5.92 Å². The van der Waals surface area contributed by atoms with Gasteiger partial charge in [-0.3, -0.25) is 4.98 Å². The largest absolute Gasteiger partial charge is 0.465 e. The molecule has 0 atom stereocenters. The summed E-state index contributed by atoms with van der Waals surface area (Å²) in [5.41, 5.74) is 3.41. The highest BCUT2D eigenvalue weighted by molar-refractivity contribution is 5.67. The number of nitrogens with zero attached hydrogens (tertiary/aromatic N) is 2. The first kappa shape index (κ1) is 13.2. The standard InChI is InChI=1S/C16H21N3O/c1-10(2)7-18-15-9-17-13(8-19-15)16-11(3)20-14-6-4-5-12(14)16/h8-10H,4-7H2,1-3H3,(H,18,19). The third-order valence-electron chi connectivity index (χ3n) is 3.70. The van der Waals surface area contributed by atoms with Gasteiger partial charge in [0, 0.05) is 24.1 Å². The molecule has 0 saturated carbocycles. The fourth-order valence-electron chi connectivity index (χ4n) is 2.73. The third-order valence-corrected chi connectivity index (χ3v) is 3.70. The van der Waals surface area contributed by atoms with Gasteiger partial charge in [-0.1, -0.05) is 13.8 Å². The lowest BCUT2D eigenvalue weighted by molar-refractivity contribution is 0.489. The van der Waals surface area contributed by atoms with Crippen molar-refractivity contribution in [1.82, 2.24) is 9.97 Å². The van der Waals surface area contributed by atoms with Crippen LogP contribution in [-0.2, 0) is 12.8 Å². The quantitative estimate of drug-likeness (QED) is 0.923. The summed E-state index contributed by atoms with van der Waals surface area (Å²) in [4.78, 5) is 9.01. The first-order valence-corrected chi connectivity index (χ1v) is 7.32. The second-order valence-electron chi connectivity index (χ2n) is 5.85. The molecule has 2 aromatic rings. The second kappa shape index (κ2) is 5.27. The molecule has 0 saturated heterocycles. The maximum Gasteiger partial charge on any atom is 0.144 e. The summed E-state index contributed by atoms with van der Waals surface area (Å²) in [5.74, 6) is 3.53. The molecule has 1 aliphatic carbocycles. The van der Waals surface area contributed by atoms with Crippen LogP contribution in [0.1, 0.15) is 37.4 Å². The van der Waals surface area contributed by atoms with Gasteiger partial charge in [-0.25, -0.2) is 4.98 Å². The van der Waals surface area contributed by atoms with E-state index in [4.69, 9.17) is 4.42 Å². The maximum atomic E-state index is 5.84. The SMILES string of the molecule is Cc1oc2c(c1-c1cnc(NCC(C)C)cn1)CCC2. The zero-order valence-corrected chi connectivity index (χ0v) is 12.4. The van der Waals surface area contributed by atoms with Crippen LogP contribution in [-0.4, -0.2) is 16.5 Å². The van der Waals surface area contributed by atoms with Crippen LogP contribution in [0.5, 0.6) is 0 Å². The summed E-state index contributed by atoms with van der Waals surface area (Å²) >= 11 is 0. The minimum absolute atomic E-state index is 0.593. The Bertz CT molecular complexity index is 599. The van der Waals surface area contributed by atoms with Crippen LogP contribution in [0.15, 0.2) is 16.8 Å². The molecule has 20 heavy (non-hydrogen) atoms. The monoisotopic (exact) mass is 271 g/mol. The number of aromatic nitrogens is 2. The Balaban J connectivity index is 1.85. The molecule has 2 aromatic heterocycles. The topological polar surface area (TPSA) is 51.0 Å². The van der Waals surface area contributed by atoms with Crippen LogP contribution in [0.25, 0.3) is 11.3 Å². The van der Waals surface area contributed by atoms with Crippen molar-refractivity contribution in [2.24, 2.45) is 5.92 Å². The lowest BCUT2D eigenvalue weighted by atomic mass is 10.1. The molecular formula is C16H21N3O. The number of nitrogens with one attached hydrogen (secondary N) is 1. The molecular weight excluding hydrogens is 250 g/mol. The number of hydrogen-bond donors (Lipinski definition) is 1. The molecule has 106 valence electrons. The van der Waals surface area contributed by atoms with Crippen molar-refractivity contribution in [3.05, 3.63) is 29.5 Å². The second-order valence-corrected chi connectivity index (χ2v) is 5.85. The highest BCUT2D eigenvalue weighted by Crippen LogP contribution is 2.36. The molecule has 0 fully saturated rings. The van der Waals surface area contributed by atoms with Crippen molar-refractivity contribution in [3.8, 4) is 11.3 Å². The van der Waals surface area contributed by atoms with Crippen molar-refractivity contribution in [1.29, 1.82) is 0 Å². The van der Waals surface area contributed by atoms with E-state index in [0.717, 1.165) is 48.0 Å². The van der Waals surface area contributed by atoms with Gasteiger partial charge in [-0.15, -0.1) is 0 Å². The summed E-state index contributed by atoms with van der Waals surface area (Å²) in [6.45, 7) is 7.27. The van der Waals surface area contributed by atoms with Gasteiger partial charge in [0.25, 0.3) is 0 Å². The smallest absolute Gasteiger partial charge is 0.144 e. The Morgan fingerprint density at radius 1 is 1.25 bits per heavy atom. The Kier molecular flexibility index (Phi) is 3.47. The Morgan fingerprint density at radius 2 is 2.10 bits per heavy atom. The lowest BCUT2D eigenvalue weighted by Crippen LogP contribution is -2.09. The van der Waals surface area contributed by atoms with E-state index in [-0.39, 0.29) is 0 Å². The van der Waals surface area contributed by atoms with E-state index in [1.54, 1.807) is 0 Å². The molecule has 3 rings (SSSR count). The fraction of sp³-hybridized carbons (Fsp3) is 0.500. The summed E-state index contributed by atoms with van der Waals surface area (Å²) in [6, 6.07) is 0. The van der Waals surface area contributed by atoms with Gasteiger partial charge in [-0.05, 0) is 25.7 Å². The van der Waals surface area contributed by atoms with Crippen LogP contribution in [0.3, 0.4) is 0 Å². The van der Waals surface area contributed by atoms with E-state index in [1.165, 1.54) is 12.0 Å². The van der Waals surface area contributed by atoms with Crippen LogP contribution >= 0.6 is 0 Å². The van der Waals surface area contributed by atoms with E-state index < -0.39 is 0 Å². The number of rotatable bonds is 4. The zero-order chi connectivity index (χ0) is 14.1. The van der Waals surface area contributed by atoms with Crippen molar-refractivity contribution in [3.63, 3.8) is 0 Å². The molecule has 0 aromatic carbocycles. The Labute approximate surface area is 119 Å². The molecule has 0 aliphatic heterocycles. The van der Waals surface area contributed by atoms with Crippen LogP contribution in [0.4, 0.5) is 5.82 Å². The number of furan rings is 1. The Morgan fingerprint density at radius 3 is 2.80 bits per heavy atom. The Hall–Kier alpha value is -1.84. The predicted octanol–water partition coefficient (Wildman–Crippen LogP) is 3.60. The molecule has 0 bridgehead atoms. The van der Waals surface area contributed by atoms with Crippen molar-refractivity contribution < 1.29 is 4.42 Å². The minimum Gasteiger partial charge on any atom is -0.465 e. The fourth-order valence-corrected chi connectivity index (χ4v) is 2.73.